The first-order chi connectivity index (χ1) is 14.6. The van der Waals surface area contributed by atoms with E-state index in [1.807, 2.05) is 0 Å². The summed E-state index contributed by atoms with van der Waals surface area (Å²) in [4.78, 5) is 27.8. The van der Waals surface area contributed by atoms with E-state index in [2.05, 4.69) is 27.5 Å². The number of nitrogens with one attached hydrogen (secondary N) is 1. The number of likely N-dealkylation sites (tertiary alicyclic amines) is 1. The number of hydrogen-bond acceptors (Lipinski definition) is 5. The van der Waals surface area contributed by atoms with E-state index in [1.165, 1.54) is 19.0 Å². The lowest BCUT2D eigenvalue weighted by atomic mass is 9.77. The molecule has 2 heterocycles. The molecule has 3 fully saturated rings. The molecule has 4 aliphatic rings. The summed E-state index contributed by atoms with van der Waals surface area (Å²) in [6, 6.07) is -0.0463. The van der Waals surface area contributed by atoms with E-state index in [4.69, 9.17) is 9.26 Å². The largest absolute Gasteiger partial charge is 0.376 e. The van der Waals surface area contributed by atoms with E-state index in [0.717, 1.165) is 45.4 Å². The minimum atomic E-state index is -0.153. The first-order valence-corrected chi connectivity index (χ1v) is 11.4. The van der Waals surface area contributed by atoms with E-state index >= 15 is 0 Å². The molecule has 4 atom stereocenters. The number of aromatic nitrogens is 1. The van der Waals surface area contributed by atoms with Crippen LogP contribution >= 0.6 is 0 Å². The molecule has 3 aliphatic carbocycles. The number of hydrogen-bond donors (Lipinski definition) is 1. The van der Waals surface area contributed by atoms with Gasteiger partial charge in [-0.1, -0.05) is 17.3 Å². The Labute approximate surface area is 177 Å². The molecule has 1 N–H and O–H groups in total. The molecule has 2 amide bonds. The molecule has 0 spiro atoms. The second kappa shape index (κ2) is 8.17. The van der Waals surface area contributed by atoms with E-state index in [-0.39, 0.29) is 24.0 Å². The number of carbonyl (C=O) groups excluding carboxylic acids is 2. The van der Waals surface area contributed by atoms with Gasteiger partial charge >= 0.3 is 0 Å². The number of carbonyl (C=O) groups is 2. The summed E-state index contributed by atoms with van der Waals surface area (Å²) in [7, 11) is 0. The molecule has 2 saturated carbocycles. The van der Waals surface area contributed by atoms with Crippen LogP contribution < -0.4 is 5.32 Å². The monoisotopic (exact) mass is 413 g/mol. The average molecular weight is 414 g/mol. The lowest BCUT2D eigenvalue weighted by Crippen LogP contribution is -2.50. The van der Waals surface area contributed by atoms with Crippen molar-refractivity contribution in [1.82, 2.24) is 15.4 Å². The van der Waals surface area contributed by atoms with Crippen LogP contribution in [-0.2, 0) is 9.53 Å². The summed E-state index contributed by atoms with van der Waals surface area (Å²) >= 11 is 0. The number of nitrogens with zero attached hydrogens (tertiary/aromatic N) is 2. The van der Waals surface area contributed by atoms with Crippen LogP contribution in [0.1, 0.15) is 54.6 Å². The molecule has 0 unspecified atom stereocenters. The third kappa shape index (κ3) is 4.04. The van der Waals surface area contributed by atoms with Crippen molar-refractivity contribution < 1.29 is 18.8 Å². The van der Waals surface area contributed by atoms with Crippen molar-refractivity contribution in [2.75, 3.05) is 19.7 Å². The van der Waals surface area contributed by atoms with Crippen molar-refractivity contribution in [1.29, 1.82) is 0 Å². The molecule has 0 aromatic carbocycles. The summed E-state index contributed by atoms with van der Waals surface area (Å²) in [5, 5.41) is 6.92. The average Bonchev–Trinajstić information content (AvgIpc) is 3.12. The van der Waals surface area contributed by atoms with Crippen LogP contribution in [0.15, 0.2) is 22.9 Å². The Hall–Kier alpha value is -2.15. The molecule has 5 rings (SSSR count). The van der Waals surface area contributed by atoms with Crippen molar-refractivity contribution >= 4 is 11.8 Å². The van der Waals surface area contributed by atoms with Gasteiger partial charge in [-0.25, -0.2) is 0 Å². The van der Waals surface area contributed by atoms with Gasteiger partial charge in [0.05, 0.1) is 18.3 Å². The van der Waals surface area contributed by atoms with Crippen molar-refractivity contribution in [2.45, 2.75) is 57.6 Å². The number of ether oxygens (including phenoxy) is 1. The smallest absolute Gasteiger partial charge is 0.256 e. The van der Waals surface area contributed by atoms with E-state index in [9.17, 15) is 9.59 Å². The van der Waals surface area contributed by atoms with Gasteiger partial charge in [0.15, 0.2) is 0 Å². The number of fused-ring (bicyclic) bond motifs is 1. The fraction of sp³-hybridized carbons (Fsp3) is 0.696. The summed E-state index contributed by atoms with van der Waals surface area (Å²) in [6.45, 7) is 4.15. The molecule has 162 valence electrons. The van der Waals surface area contributed by atoms with Crippen LogP contribution in [0.25, 0.3) is 0 Å². The van der Waals surface area contributed by atoms with Crippen LogP contribution in [0, 0.1) is 30.6 Å². The molecule has 1 aromatic rings. The van der Waals surface area contributed by atoms with Crippen LogP contribution in [0.5, 0.6) is 0 Å². The zero-order chi connectivity index (χ0) is 20.7. The van der Waals surface area contributed by atoms with Crippen LogP contribution in [-0.4, -0.2) is 53.7 Å². The second-order valence-corrected chi connectivity index (χ2v) is 9.57. The summed E-state index contributed by atoms with van der Waals surface area (Å²) in [5.41, 5.74) is 0.482. The standard InChI is InChI=1S/C23H31N3O4/c1-14-19(10-24-30-14)22(27)25-20-8-17-11-26(23(28)16-4-2-3-5-16)12-18(17)9-21(20)29-13-15-6-7-15/h2-3,10,15-18,20-21H,4-9,11-13H2,1H3,(H,25,27)/t17-,18+,20-,21-/m0/s1. The van der Waals surface area contributed by atoms with Crippen LogP contribution in [0.4, 0.5) is 0 Å². The molecule has 0 radical (unpaired) electrons. The van der Waals surface area contributed by atoms with Crippen LogP contribution in [0.3, 0.4) is 0 Å². The molecule has 1 aliphatic heterocycles. The van der Waals surface area contributed by atoms with Gasteiger partial charge in [0, 0.05) is 25.6 Å². The Morgan fingerprint density at radius 1 is 1.20 bits per heavy atom. The zero-order valence-electron chi connectivity index (χ0n) is 17.6. The maximum atomic E-state index is 12.9. The third-order valence-electron chi connectivity index (χ3n) is 7.34. The Morgan fingerprint density at radius 3 is 2.60 bits per heavy atom. The molecular weight excluding hydrogens is 382 g/mol. The second-order valence-electron chi connectivity index (χ2n) is 9.57. The van der Waals surface area contributed by atoms with Gasteiger partial charge in [-0.15, -0.1) is 0 Å². The fourth-order valence-corrected chi connectivity index (χ4v) is 5.31. The predicted molar refractivity (Wildman–Crippen MR) is 110 cm³/mol. The highest BCUT2D eigenvalue weighted by atomic mass is 16.5. The first kappa shape index (κ1) is 19.8. The van der Waals surface area contributed by atoms with E-state index < -0.39 is 0 Å². The predicted octanol–water partition coefficient (Wildman–Crippen LogP) is 2.71. The van der Waals surface area contributed by atoms with Gasteiger partial charge in [-0.3, -0.25) is 9.59 Å². The Balaban J connectivity index is 1.26. The maximum absolute atomic E-state index is 12.9. The molecule has 1 aromatic heterocycles. The van der Waals surface area contributed by atoms with Crippen molar-refractivity contribution in [2.24, 2.45) is 23.7 Å². The highest BCUT2D eigenvalue weighted by molar-refractivity contribution is 5.95. The van der Waals surface area contributed by atoms with Gasteiger partial charge in [-0.2, -0.15) is 0 Å². The lowest BCUT2D eigenvalue weighted by Gasteiger charge is -2.38. The quantitative estimate of drug-likeness (QED) is 0.725. The van der Waals surface area contributed by atoms with E-state index in [1.54, 1.807) is 6.92 Å². The van der Waals surface area contributed by atoms with Gasteiger partial charge in [0.2, 0.25) is 5.91 Å². The van der Waals surface area contributed by atoms with E-state index in [0.29, 0.717) is 35.0 Å². The Morgan fingerprint density at radius 2 is 1.93 bits per heavy atom. The normalized spacial score (nSPS) is 31.2. The minimum Gasteiger partial charge on any atom is -0.376 e. The summed E-state index contributed by atoms with van der Waals surface area (Å²) in [5.74, 6) is 2.34. The van der Waals surface area contributed by atoms with Gasteiger partial charge in [-0.05, 0) is 63.2 Å². The highest BCUT2D eigenvalue weighted by Gasteiger charge is 2.45. The lowest BCUT2D eigenvalue weighted by molar-refractivity contribution is -0.134. The number of rotatable bonds is 6. The number of amides is 2. The molecule has 1 saturated heterocycles. The molecule has 7 heteroatoms. The zero-order valence-corrected chi connectivity index (χ0v) is 17.6. The molecular formula is C23H31N3O4. The fourth-order valence-electron chi connectivity index (χ4n) is 5.31. The van der Waals surface area contributed by atoms with Crippen molar-refractivity contribution in [3.05, 3.63) is 29.7 Å². The number of allylic oxidation sites excluding steroid dienone is 2. The summed E-state index contributed by atoms with van der Waals surface area (Å²) in [6.07, 6.45) is 11.7. The SMILES string of the molecule is Cc1oncc1C(=O)N[C@H]1C[C@H]2CN(C(=O)C3CC=CC3)C[C@H]2C[C@@H]1OCC1CC1. The first-order valence-electron chi connectivity index (χ1n) is 11.4. The Kier molecular flexibility index (Phi) is 5.39. The topological polar surface area (TPSA) is 84.7 Å². The van der Waals surface area contributed by atoms with Gasteiger partial charge in [0.25, 0.3) is 5.91 Å². The highest BCUT2D eigenvalue weighted by Crippen LogP contribution is 2.40. The molecule has 30 heavy (non-hydrogen) atoms. The van der Waals surface area contributed by atoms with Crippen molar-refractivity contribution in [3.63, 3.8) is 0 Å². The Bertz CT molecular complexity index is 822. The van der Waals surface area contributed by atoms with Crippen LogP contribution in [0.2, 0.25) is 0 Å². The summed E-state index contributed by atoms with van der Waals surface area (Å²) < 4.78 is 11.4. The molecule has 7 nitrogen and oxygen atoms in total. The van der Waals surface area contributed by atoms with Gasteiger partial charge < -0.3 is 19.5 Å². The molecule has 0 bridgehead atoms. The minimum absolute atomic E-state index is 0.000773. The maximum Gasteiger partial charge on any atom is 0.256 e. The van der Waals surface area contributed by atoms with Crippen molar-refractivity contribution in [3.8, 4) is 0 Å². The number of aryl methyl sites for hydroxylation is 1. The third-order valence-corrected chi connectivity index (χ3v) is 7.34. The van der Waals surface area contributed by atoms with Gasteiger partial charge in [0.1, 0.15) is 11.3 Å².